The molecule has 1 saturated heterocycles. The molecule has 0 spiro atoms. The Labute approximate surface area is 136 Å². The van der Waals surface area contributed by atoms with Gasteiger partial charge in [0.25, 0.3) is 0 Å². The van der Waals surface area contributed by atoms with Gasteiger partial charge in [0.1, 0.15) is 0 Å². The molecule has 1 heterocycles. The molecule has 0 aliphatic carbocycles. The fourth-order valence-electron chi connectivity index (χ4n) is 2.31. The van der Waals surface area contributed by atoms with Crippen LogP contribution in [0.3, 0.4) is 0 Å². The predicted molar refractivity (Wildman–Crippen MR) is 85.0 cm³/mol. The van der Waals surface area contributed by atoms with Crippen LogP contribution in [0.15, 0.2) is 29.2 Å². The maximum absolute atomic E-state index is 12.0. The second-order valence-electron chi connectivity index (χ2n) is 5.61. The number of benzene rings is 1. The number of carbonyl (C=O) groups excluding carboxylic acids is 2. The van der Waals surface area contributed by atoms with Gasteiger partial charge in [0, 0.05) is 33.7 Å². The van der Waals surface area contributed by atoms with Gasteiger partial charge in [-0.25, -0.2) is 12.7 Å². The fourth-order valence-corrected chi connectivity index (χ4v) is 3.21. The Morgan fingerprint density at radius 2 is 1.70 bits per heavy atom. The zero-order valence-corrected chi connectivity index (χ0v) is 14.1. The predicted octanol–water partition coefficient (Wildman–Crippen LogP) is 0.176. The van der Waals surface area contributed by atoms with E-state index >= 15 is 0 Å². The highest BCUT2D eigenvalue weighted by atomic mass is 32.2. The summed E-state index contributed by atoms with van der Waals surface area (Å²) < 4.78 is 25.0. The number of amides is 2. The van der Waals surface area contributed by atoms with Crippen LogP contribution in [0, 0.1) is 0 Å². The number of hydrogen-bond donors (Lipinski definition) is 1. The van der Waals surface area contributed by atoms with E-state index in [4.69, 9.17) is 0 Å². The zero-order valence-electron chi connectivity index (χ0n) is 13.3. The quantitative estimate of drug-likeness (QED) is 0.793. The molecule has 0 atom stereocenters. The summed E-state index contributed by atoms with van der Waals surface area (Å²) in [5.74, 6) is -1.13. The summed E-state index contributed by atoms with van der Waals surface area (Å²) >= 11 is 0. The SMILES string of the molecule is CN(C)S(=O)(=O)c1ccc(CNC(=O)C(=O)N2CCCC2)cc1. The highest BCUT2D eigenvalue weighted by Crippen LogP contribution is 2.14. The van der Waals surface area contributed by atoms with E-state index in [9.17, 15) is 18.0 Å². The minimum atomic E-state index is -3.46. The third-order valence-corrected chi connectivity index (χ3v) is 5.57. The lowest BCUT2D eigenvalue weighted by Crippen LogP contribution is -2.41. The van der Waals surface area contributed by atoms with E-state index in [-0.39, 0.29) is 11.4 Å². The fraction of sp³-hybridized carbons (Fsp3) is 0.467. The van der Waals surface area contributed by atoms with Gasteiger partial charge in [-0.15, -0.1) is 0 Å². The second kappa shape index (κ2) is 7.10. The van der Waals surface area contributed by atoms with Gasteiger partial charge in [0.15, 0.2) is 0 Å². The number of hydrogen-bond acceptors (Lipinski definition) is 4. The van der Waals surface area contributed by atoms with Gasteiger partial charge >= 0.3 is 11.8 Å². The first-order valence-electron chi connectivity index (χ1n) is 7.41. The summed E-state index contributed by atoms with van der Waals surface area (Å²) in [6.45, 7) is 1.44. The molecule has 0 aromatic heterocycles. The molecule has 1 aromatic carbocycles. The lowest BCUT2D eigenvalue weighted by molar-refractivity contribution is -0.145. The van der Waals surface area contributed by atoms with Crippen molar-refractivity contribution in [3.8, 4) is 0 Å². The number of nitrogens with zero attached hydrogens (tertiary/aromatic N) is 2. The van der Waals surface area contributed by atoms with Crippen molar-refractivity contribution in [2.75, 3.05) is 27.2 Å². The minimum absolute atomic E-state index is 0.181. The third-order valence-electron chi connectivity index (χ3n) is 3.74. The van der Waals surface area contributed by atoms with E-state index in [1.54, 1.807) is 17.0 Å². The lowest BCUT2D eigenvalue weighted by atomic mass is 10.2. The van der Waals surface area contributed by atoms with Crippen LogP contribution in [0.5, 0.6) is 0 Å². The van der Waals surface area contributed by atoms with Crippen LogP contribution in [-0.2, 0) is 26.2 Å². The summed E-state index contributed by atoms with van der Waals surface area (Å²) in [7, 11) is -0.533. The minimum Gasteiger partial charge on any atom is -0.344 e. The molecule has 0 radical (unpaired) electrons. The van der Waals surface area contributed by atoms with Crippen molar-refractivity contribution >= 4 is 21.8 Å². The van der Waals surface area contributed by atoms with Crippen LogP contribution in [-0.4, -0.2) is 56.6 Å². The number of sulfonamides is 1. The molecular formula is C15H21N3O4S. The highest BCUT2D eigenvalue weighted by molar-refractivity contribution is 7.89. The molecule has 8 heteroatoms. The van der Waals surface area contributed by atoms with E-state index in [1.165, 1.54) is 26.2 Å². The first-order valence-corrected chi connectivity index (χ1v) is 8.85. The Bertz CT molecular complexity index is 677. The Hall–Kier alpha value is -1.93. The number of rotatable bonds is 4. The summed E-state index contributed by atoms with van der Waals surface area (Å²) in [5, 5.41) is 2.57. The molecule has 0 saturated carbocycles. The maximum atomic E-state index is 12.0. The van der Waals surface area contributed by atoms with Gasteiger partial charge in [-0.1, -0.05) is 12.1 Å². The molecule has 1 fully saturated rings. The number of likely N-dealkylation sites (tertiary alicyclic amines) is 1. The van der Waals surface area contributed by atoms with Crippen molar-refractivity contribution in [3.63, 3.8) is 0 Å². The smallest absolute Gasteiger partial charge is 0.311 e. The molecule has 1 aliphatic rings. The topological polar surface area (TPSA) is 86.8 Å². The van der Waals surface area contributed by atoms with Gasteiger partial charge in [0.05, 0.1) is 4.90 Å². The van der Waals surface area contributed by atoms with Crippen LogP contribution < -0.4 is 5.32 Å². The molecule has 23 heavy (non-hydrogen) atoms. The van der Waals surface area contributed by atoms with Crippen LogP contribution in [0.25, 0.3) is 0 Å². The Kier molecular flexibility index (Phi) is 5.38. The van der Waals surface area contributed by atoms with Crippen molar-refractivity contribution in [2.45, 2.75) is 24.3 Å². The van der Waals surface area contributed by atoms with Crippen LogP contribution in [0.2, 0.25) is 0 Å². The lowest BCUT2D eigenvalue weighted by Gasteiger charge is -2.14. The van der Waals surface area contributed by atoms with E-state index in [0.717, 1.165) is 22.7 Å². The Morgan fingerprint density at radius 3 is 2.22 bits per heavy atom. The molecule has 1 aromatic rings. The second-order valence-corrected chi connectivity index (χ2v) is 7.77. The number of nitrogens with one attached hydrogen (secondary N) is 1. The Balaban J connectivity index is 1.94. The normalized spacial score (nSPS) is 15.0. The van der Waals surface area contributed by atoms with Crippen LogP contribution in [0.1, 0.15) is 18.4 Å². The van der Waals surface area contributed by atoms with Crippen LogP contribution >= 0.6 is 0 Å². The van der Waals surface area contributed by atoms with E-state index in [1.807, 2.05) is 0 Å². The number of carbonyl (C=O) groups is 2. The zero-order chi connectivity index (χ0) is 17.0. The highest BCUT2D eigenvalue weighted by Gasteiger charge is 2.24. The molecule has 1 N–H and O–H groups in total. The molecule has 0 bridgehead atoms. The van der Waals surface area contributed by atoms with Crippen molar-refractivity contribution in [1.29, 1.82) is 0 Å². The van der Waals surface area contributed by atoms with E-state index in [0.29, 0.717) is 13.1 Å². The van der Waals surface area contributed by atoms with Crippen molar-refractivity contribution in [3.05, 3.63) is 29.8 Å². The molecule has 7 nitrogen and oxygen atoms in total. The summed E-state index contributed by atoms with van der Waals surface area (Å²) in [5.41, 5.74) is 0.727. The molecule has 2 rings (SSSR count). The molecule has 1 aliphatic heterocycles. The van der Waals surface area contributed by atoms with Gasteiger partial charge in [-0.2, -0.15) is 0 Å². The van der Waals surface area contributed by atoms with Gasteiger partial charge in [-0.05, 0) is 30.5 Å². The van der Waals surface area contributed by atoms with E-state index in [2.05, 4.69) is 5.32 Å². The summed E-state index contributed by atoms with van der Waals surface area (Å²) in [6, 6.07) is 6.21. The first kappa shape index (κ1) is 17.4. The Morgan fingerprint density at radius 1 is 1.13 bits per heavy atom. The van der Waals surface area contributed by atoms with Crippen molar-refractivity contribution in [2.24, 2.45) is 0 Å². The van der Waals surface area contributed by atoms with Crippen molar-refractivity contribution < 1.29 is 18.0 Å². The third kappa shape index (κ3) is 4.08. The molecule has 2 amide bonds. The van der Waals surface area contributed by atoms with Gasteiger partial charge in [-0.3, -0.25) is 9.59 Å². The molecule has 126 valence electrons. The van der Waals surface area contributed by atoms with E-state index < -0.39 is 21.8 Å². The molecular weight excluding hydrogens is 318 g/mol. The summed E-state index contributed by atoms with van der Waals surface area (Å²) in [6.07, 6.45) is 1.86. The average Bonchev–Trinajstić information content (AvgIpc) is 3.06. The average molecular weight is 339 g/mol. The standard InChI is InChI=1S/C15H21N3O4S/c1-17(2)23(21,22)13-7-5-12(6-8-13)11-16-14(19)15(20)18-9-3-4-10-18/h5-8H,3-4,9-11H2,1-2H3,(H,16,19). The van der Waals surface area contributed by atoms with Gasteiger partial charge in [0.2, 0.25) is 10.0 Å². The largest absolute Gasteiger partial charge is 0.344 e. The van der Waals surface area contributed by atoms with Crippen LogP contribution in [0.4, 0.5) is 0 Å². The van der Waals surface area contributed by atoms with Crippen molar-refractivity contribution in [1.82, 2.24) is 14.5 Å². The summed E-state index contributed by atoms with van der Waals surface area (Å²) in [4.78, 5) is 25.4. The first-order chi connectivity index (χ1) is 10.8. The molecule has 0 unspecified atom stereocenters. The monoisotopic (exact) mass is 339 g/mol. The maximum Gasteiger partial charge on any atom is 0.311 e. The van der Waals surface area contributed by atoms with Gasteiger partial charge < -0.3 is 10.2 Å².